The molecule has 2 aromatic rings. The molecule has 2 aliphatic rings. The summed E-state index contributed by atoms with van der Waals surface area (Å²) < 4.78 is 0. The Morgan fingerprint density at radius 2 is 1.62 bits per heavy atom. The number of amides is 3. The first-order valence-corrected chi connectivity index (χ1v) is 10.2. The minimum absolute atomic E-state index is 0.168. The first kappa shape index (κ1) is 19.4. The van der Waals surface area contributed by atoms with E-state index in [1.54, 1.807) is 24.3 Å². The lowest BCUT2D eigenvalue weighted by molar-refractivity contribution is -0.122. The van der Waals surface area contributed by atoms with Crippen molar-refractivity contribution in [3.8, 4) is 0 Å². The number of nitrogens with zero attached hydrogens (tertiary/aromatic N) is 1. The SMILES string of the molecule is Cc1cc(C)cc(NC(=O)c2ccccc2N2C(=O)[C@H]3C[C@@H](C)CC[C@H]3C2=O)c1. The molecule has 0 aromatic heterocycles. The number of rotatable bonds is 3. The number of benzene rings is 2. The lowest BCUT2D eigenvalue weighted by Crippen LogP contribution is -2.33. The number of carbonyl (C=O) groups is 3. The van der Waals surface area contributed by atoms with E-state index in [0.717, 1.165) is 30.4 Å². The average molecular weight is 390 g/mol. The highest BCUT2D eigenvalue weighted by Crippen LogP contribution is 2.42. The van der Waals surface area contributed by atoms with Crippen molar-refractivity contribution in [3.05, 3.63) is 59.2 Å². The van der Waals surface area contributed by atoms with E-state index in [-0.39, 0.29) is 29.6 Å². The van der Waals surface area contributed by atoms with Crippen LogP contribution in [0.5, 0.6) is 0 Å². The predicted molar refractivity (Wildman–Crippen MR) is 113 cm³/mol. The van der Waals surface area contributed by atoms with Crippen LogP contribution in [0.15, 0.2) is 42.5 Å². The molecule has 2 fully saturated rings. The standard InChI is InChI=1S/C24H26N2O3/c1-14-8-9-18-20(13-14)24(29)26(23(18)28)21-7-5-4-6-19(21)22(27)25-17-11-15(2)10-16(3)12-17/h4-7,10-12,14,18,20H,8-9,13H2,1-3H3,(H,25,27)/t14-,18+,20-/m0/s1. The molecule has 0 spiro atoms. The third-order valence-corrected chi connectivity index (χ3v) is 6.06. The van der Waals surface area contributed by atoms with E-state index in [0.29, 0.717) is 22.9 Å². The van der Waals surface area contributed by atoms with E-state index in [1.165, 1.54) is 4.90 Å². The molecule has 0 radical (unpaired) electrons. The molecule has 5 nitrogen and oxygen atoms in total. The highest BCUT2D eigenvalue weighted by Gasteiger charge is 2.50. The number of aryl methyl sites for hydroxylation is 2. The van der Waals surface area contributed by atoms with Gasteiger partial charge in [-0.1, -0.05) is 25.1 Å². The molecule has 29 heavy (non-hydrogen) atoms. The second kappa shape index (κ2) is 7.47. The molecular weight excluding hydrogens is 364 g/mol. The molecule has 1 aliphatic heterocycles. The molecular formula is C24H26N2O3. The lowest BCUT2D eigenvalue weighted by atomic mass is 9.76. The van der Waals surface area contributed by atoms with Gasteiger partial charge in [0.25, 0.3) is 5.91 Å². The summed E-state index contributed by atoms with van der Waals surface area (Å²) in [4.78, 5) is 40.4. The summed E-state index contributed by atoms with van der Waals surface area (Å²) in [5, 5.41) is 2.92. The molecule has 1 N–H and O–H groups in total. The fourth-order valence-corrected chi connectivity index (χ4v) is 4.73. The Balaban J connectivity index is 1.65. The maximum atomic E-state index is 13.1. The van der Waals surface area contributed by atoms with Gasteiger partial charge >= 0.3 is 0 Å². The van der Waals surface area contributed by atoms with Gasteiger partial charge in [0.15, 0.2) is 0 Å². The van der Waals surface area contributed by atoms with Gasteiger partial charge in [0.2, 0.25) is 11.8 Å². The van der Waals surface area contributed by atoms with Gasteiger partial charge in [-0.2, -0.15) is 0 Å². The highest BCUT2D eigenvalue weighted by atomic mass is 16.2. The molecule has 1 saturated carbocycles. The van der Waals surface area contributed by atoms with E-state index < -0.39 is 0 Å². The van der Waals surface area contributed by atoms with Crippen LogP contribution in [-0.4, -0.2) is 17.7 Å². The quantitative estimate of drug-likeness (QED) is 0.786. The van der Waals surface area contributed by atoms with Crippen molar-refractivity contribution in [2.24, 2.45) is 17.8 Å². The summed E-state index contributed by atoms with van der Waals surface area (Å²) >= 11 is 0. The Labute approximate surface area is 171 Å². The van der Waals surface area contributed by atoms with Crippen molar-refractivity contribution in [3.63, 3.8) is 0 Å². The summed E-state index contributed by atoms with van der Waals surface area (Å²) in [6.45, 7) is 6.07. The zero-order chi connectivity index (χ0) is 20.7. The van der Waals surface area contributed by atoms with Gasteiger partial charge in [-0.15, -0.1) is 0 Å². The van der Waals surface area contributed by atoms with Crippen LogP contribution in [0.4, 0.5) is 11.4 Å². The van der Waals surface area contributed by atoms with Gasteiger partial charge < -0.3 is 5.32 Å². The van der Waals surface area contributed by atoms with Crippen molar-refractivity contribution in [1.29, 1.82) is 0 Å². The fraction of sp³-hybridized carbons (Fsp3) is 0.375. The molecule has 1 saturated heterocycles. The fourth-order valence-electron chi connectivity index (χ4n) is 4.73. The normalized spacial score (nSPS) is 23.8. The Kier molecular flexibility index (Phi) is 4.99. The van der Waals surface area contributed by atoms with Gasteiger partial charge in [0, 0.05) is 5.69 Å². The molecule has 1 heterocycles. The number of para-hydroxylation sites is 1. The largest absolute Gasteiger partial charge is 0.322 e. The smallest absolute Gasteiger partial charge is 0.257 e. The molecule has 3 amide bonds. The van der Waals surface area contributed by atoms with E-state index in [9.17, 15) is 14.4 Å². The maximum Gasteiger partial charge on any atom is 0.257 e. The lowest BCUT2D eigenvalue weighted by Gasteiger charge is -2.25. The topological polar surface area (TPSA) is 66.5 Å². The van der Waals surface area contributed by atoms with Crippen LogP contribution in [0, 0.1) is 31.6 Å². The molecule has 150 valence electrons. The predicted octanol–water partition coefficient (Wildman–Crippen LogP) is 4.48. The van der Waals surface area contributed by atoms with Crippen molar-refractivity contribution >= 4 is 29.1 Å². The number of hydrogen-bond acceptors (Lipinski definition) is 3. The summed E-state index contributed by atoms with van der Waals surface area (Å²) in [6, 6.07) is 12.7. The van der Waals surface area contributed by atoms with Crippen LogP contribution in [0.1, 0.15) is 47.7 Å². The first-order chi connectivity index (χ1) is 13.8. The van der Waals surface area contributed by atoms with Crippen LogP contribution in [-0.2, 0) is 9.59 Å². The summed E-state index contributed by atoms with van der Waals surface area (Å²) in [5.74, 6) is -0.738. The Hall–Kier alpha value is -2.95. The molecule has 3 atom stereocenters. The molecule has 2 aromatic carbocycles. The Bertz CT molecular complexity index is 977. The molecule has 4 rings (SSSR count). The number of fused-ring (bicyclic) bond motifs is 1. The van der Waals surface area contributed by atoms with Crippen molar-refractivity contribution in [2.75, 3.05) is 10.2 Å². The Morgan fingerprint density at radius 1 is 0.966 bits per heavy atom. The number of carbonyl (C=O) groups excluding carboxylic acids is 3. The van der Waals surface area contributed by atoms with E-state index >= 15 is 0 Å². The zero-order valence-electron chi connectivity index (χ0n) is 17.1. The number of imide groups is 1. The van der Waals surface area contributed by atoms with Gasteiger partial charge in [-0.3, -0.25) is 14.4 Å². The van der Waals surface area contributed by atoms with Gasteiger partial charge in [0.1, 0.15) is 0 Å². The van der Waals surface area contributed by atoms with Gasteiger partial charge in [-0.25, -0.2) is 4.90 Å². The minimum atomic E-state index is -0.325. The highest BCUT2D eigenvalue weighted by molar-refractivity contribution is 6.24. The van der Waals surface area contributed by atoms with Crippen LogP contribution in [0.3, 0.4) is 0 Å². The number of hydrogen-bond donors (Lipinski definition) is 1. The molecule has 1 aliphatic carbocycles. The maximum absolute atomic E-state index is 13.1. The third-order valence-electron chi connectivity index (χ3n) is 6.06. The monoisotopic (exact) mass is 390 g/mol. The number of anilines is 2. The van der Waals surface area contributed by atoms with Crippen molar-refractivity contribution in [1.82, 2.24) is 0 Å². The average Bonchev–Trinajstić information content (AvgIpc) is 2.91. The summed E-state index contributed by atoms with van der Waals surface area (Å²) in [6.07, 6.45) is 2.44. The van der Waals surface area contributed by atoms with Crippen molar-refractivity contribution < 1.29 is 14.4 Å². The zero-order valence-corrected chi connectivity index (χ0v) is 17.1. The summed E-state index contributed by atoms with van der Waals surface area (Å²) in [7, 11) is 0. The van der Waals surface area contributed by atoms with Crippen LogP contribution >= 0.6 is 0 Å². The van der Waals surface area contributed by atoms with Crippen LogP contribution in [0.25, 0.3) is 0 Å². The summed E-state index contributed by atoms with van der Waals surface area (Å²) in [5.41, 5.74) is 3.52. The van der Waals surface area contributed by atoms with E-state index in [1.807, 2.05) is 32.0 Å². The second-order valence-corrected chi connectivity index (χ2v) is 8.49. The van der Waals surface area contributed by atoms with Crippen molar-refractivity contribution in [2.45, 2.75) is 40.0 Å². The van der Waals surface area contributed by atoms with E-state index in [2.05, 4.69) is 12.2 Å². The van der Waals surface area contributed by atoms with Crippen LogP contribution < -0.4 is 10.2 Å². The van der Waals surface area contributed by atoms with Gasteiger partial charge in [0.05, 0.1) is 23.1 Å². The molecule has 0 bridgehead atoms. The van der Waals surface area contributed by atoms with Gasteiger partial charge in [-0.05, 0) is 74.4 Å². The molecule has 0 unspecified atom stereocenters. The molecule has 5 heteroatoms. The number of nitrogens with one attached hydrogen (secondary N) is 1. The first-order valence-electron chi connectivity index (χ1n) is 10.2. The second-order valence-electron chi connectivity index (χ2n) is 8.49. The Morgan fingerprint density at radius 3 is 2.34 bits per heavy atom. The van der Waals surface area contributed by atoms with E-state index in [4.69, 9.17) is 0 Å². The third kappa shape index (κ3) is 3.57. The minimum Gasteiger partial charge on any atom is -0.322 e. The van der Waals surface area contributed by atoms with Crippen LogP contribution in [0.2, 0.25) is 0 Å².